The Morgan fingerprint density at radius 3 is 2.65 bits per heavy atom. The number of nitrogens with zero attached hydrogens (tertiary/aromatic N) is 4. The molecular formula is C25H27FN6O9S2. The van der Waals surface area contributed by atoms with E-state index in [0.717, 1.165) is 11.3 Å². The van der Waals surface area contributed by atoms with Crippen LogP contribution in [-0.4, -0.2) is 82.5 Å². The fourth-order valence-corrected chi connectivity index (χ4v) is 5.24. The molecule has 2 heterocycles. The van der Waals surface area contributed by atoms with Crippen molar-refractivity contribution in [1.82, 2.24) is 25.3 Å². The molecule has 4 aromatic rings. The van der Waals surface area contributed by atoms with E-state index in [1.165, 1.54) is 10.9 Å². The van der Waals surface area contributed by atoms with Crippen LogP contribution in [0.25, 0.3) is 10.2 Å². The summed E-state index contributed by atoms with van der Waals surface area (Å²) in [7, 11) is -3.92. The zero-order valence-corrected chi connectivity index (χ0v) is 24.0. The normalized spacial score (nSPS) is 13.0. The molecule has 2 atom stereocenters. The largest absolute Gasteiger partial charge is 0.491 e. The maximum atomic E-state index is 12.5. The number of aliphatic hydroxyl groups excluding tert-OH is 1. The molecule has 0 aliphatic heterocycles. The van der Waals surface area contributed by atoms with Gasteiger partial charge in [-0.3, -0.25) is 4.79 Å². The van der Waals surface area contributed by atoms with E-state index >= 15 is 0 Å². The summed E-state index contributed by atoms with van der Waals surface area (Å²) in [5, 5.41) is 34.1. The third kappa shape index (κ3) is 9.38. The zero-order chi connectivity index (χ0) is 31.0. The number of hydrogen-bond donors (Lipinski definition) is 4. The van der Waals surface area contributed by atoms with Crippen molar-refractivity contribution < 1.29 is 46.8 Å². The number of nitrogens with one attached hydrogen (secondary N) is 1. The summed E-state index contributed by atoms with van der Waals surface area (Å²) in [5.41, 5.74) is 1.47. The van der Waals surface area contributed by atoms with Crippen molar-refractivity contribution >= 4 is 43.5 Å². The van der Waals surface area contributed by atoms with Crippen molar-refractivity contribution in [2.24, 2.45) is 5.14 Å². The van der Waals surface area contributed by atoms with Crippen molar-refractivity contribution in [2.45, 2.75) is 36.2 Å². The maximum absolute atomic E-state index is 12.5. The first kappa shape index (κ1) is 31.7. The van der Waals surface area contributed by atoms with Crippen molar-refractivity contribution in [3.05, 3.63) is 59.9 Å². The average molecular weight is 639 g/mol. The highest BCUT2D eigenvalue weighted by Gasteiger charge is 2.21. The molecule has 2 aromatic heterocycles. The molecule has 0 spiro atoms. The van der Waals surface area contributed by atoms with Gasteiger partial charge < -0.3 is 29.7 Å². The topological polar surface area (TPSA) is 218 Å². The first-order valence-corrected chi connectivity index (χ1v) is 14.9. The molecule has 1 amide bonds. The predicted molar refractivity (Wildman–Crippen MR) is 148 cm³/mol. The van der Waals surface area contributed by atoms with E-state index in [2.05, 4.69) is 20.6 Å². The number of carbonyl (C=O) groups excluding carboxylic acids is 1. The maximum Gasteiger partial charge on any atom is 0.328 e. The third-order valence-electron chi connectivity index (χ3n) is 5.57. The number of hydrogen-bond acceptors (Lipinski definition) is 12. The van der Waals surface area contributed by atoms with E-state index in [1.807, 2.05) is 0 Å². The van der Waals surface area contributed by atoms with Gasteiger partial charge in [-0.15, -0.1) is 16.4 Å². The minimum Gasteiger partial charge on any atom is -0.491 e. The highest BCUT2D eigenvalue weighted by Crippen LogP contribution is 2.28. The second-order valence-electron chi connectivity index (χ2n) is 9.09. The molecule has 0 aliphatic carbocycles. The predicted octanol–water partition coefficient (Wildman–Crippen LogP) is 0.610. The SMILES string of the molecule is NS(=O)(=O)c1nc2ccc(OCc3cn(CC(=O)NC(COCc4cccc(OCC(O)CF)c4)C(=O)O)nn3)cc2s1. The Bertz CT molecular complexity index is 1680. The second-order valence-corrected chi connectivity index (χ2v) is 11.9. The quantitative estimate of drug-likeness (QED) is 0.133. The number of rotatable bonds is 16. The number of aliphatic hydroxyl groups is 1. The van der Waals surface area contributed by atoms with Crippen LogP contribution in [0.2, 0.25) is 0 Å². The summed E-state index contributed by atoms with van der Waals surface area (Å²) < 4.78 is 53.4. The van der Waals surface area contributed by atoms with Gasteiger partial charge in [-0.25, -0.2) is 32.4 Å². The molecule has 43 heavy (non-hydrogen) atoms. The average Bonchev–Trinajstić information content (AvgIpc) is 3.61. The smallest absolute Gasteiger partial charge is 0.328 e. The minimum atomic E-state index is -3.92. The lowest BCUT2D eigenvalue weighted by Gasteiger charge is -2.15. The van der Waals surface area contributed by atoms with Gasteiger partial charge in [0, 0.05) is 0 Å². The number of sulfonamides is 1. The Kier molecular flexibility index (Phi) is 10.5. The number of carbonyl (C=O) groups is 2. The van der Waals surface area contributed by atoms with Crippen LogP contribution >= 0.6 is 11.3 Å². The lowest BCUT2D eigenvalue weighted by atomic mass is 10.2. The van der Waals surface area contributed by atoms with Crippen LogP contribution in [0.15, 0.2) is 53.0 Å². The number of fused-ring (bicyclic) bond motifs is 1. The molecule has 0 radical (unpaired) electrons. The summed E-state index contributed by atoms with van der Waals surface area (Å²) >= 11 is 0.911. The second kappa shape index (κ2) is 14.3. The van der Waals surface area contributed by atoms with Crippen LogP contribution in [0.5, 0.6) is 11.5 Å². The van der Waals surface area contributed by atoms with E-state index in [9.17, 15) is 32.6 Å². The van der Waals surface area contributed by atoms with Gasteiger partial charge in [0.05, 0.1) is 29.6 Å². The van der Waals surface area contributed by atoms with E-state index in [4.69, 9.17) is 19.3 Å². The lowest BCUT2D eigenvalue weighted by molar-refractivity contribution is -0.144. The molecule has 230 valence electrons. The fraction of sp³-hybridized carbons (Fsp3) is 0.320. The van der Waals surface area contributed by atoms with Gasteiger partial charge in [0.2, 0.25) is 10.2 Å². The highest BCUT2D eigenvalue weighted by atomic mass is 32.2. The first-order valence-electron chi connectivity index (χ1n) is 12.5. The monoisotopic (exact) mass is 638 g/mol. The molecule has 0 saturated carbocycles. The number of carboxylic acids is 1. The molecule has 5 N–H and O–H groups in total. The molecule has 0 fully saturated rings. The Labute approximate surface area is 248 Å². The van der Waals surface area contributed by atoms with E-state index in [1.54, 1.807) is 42.5 Å². The van der Waals surface area contributed by atoms with Crippen LogP contribution in [0.4, 0.5) is 4.39 Å². The van der Waals surface area contributed by atoms with E-state index in [0.29, 0.717) is 33.0 Å². The van der Waals surface area contributed by atoms with Crippen LogP contribution in [-0.2, 0) is 44.1 Å². The van der Waals surface area contributed by atoms with Gasteiger partial charge in [0.25, 0.3) is 10.0 Å². The fourth-order valence-electron chi connectivity index (χ4n) is 3.55. The molecular weight excluding hydrogens is 611 g/mol. The Balaban J connectivity index is 1.24. The van der Waals surface area contributed by atoms with Gasteiger partial charge in [0.1, 0.15) is 49.7 Å². The van der Waals surface area contributed by atoms with Gasteiger partial charge in [0.15, 0.2) is 6.04 Å². The molecule has 18 heteroatoms. The molecule has 0 saturated heterocycles. The number of thiazole rings is 1. The van der Waals surface area contributed by atoms with Gasteiger partial charge in [-0.05, 0) is 35.9 Å². The third-order valence-corrected chi connectivity index (χ3v) is 7.91. The lowest BCUT2D eigenvalue weighted by Crippen LogP contribution is -2.45. The number of nitrogens with two attached hydrogens (primary N) is 1. The van der Waals surface area contributed by atoms with E-state index < -0.39 is 40.7 Å². The summed E-state index contributed by atoms with van der Waals surface area (Å²) in [4.78, 5) is 28.1. The number of aliphatic carboxylic acids is 1. The molecule has 2 unspecified atom stereocenters. The Morgan fingerprint density at radius 1 is 1.12 bits per heavy atom. The zero-order valence-electron chi connectivity index (χ0n) is 22.3. The standard InChI is InChI=1S/C25H27FN6O9S2/c26-8-17(33)13-41-18-3-1-2-15(6-18)11-39-14-21(24(35)36)28-23(34)10-32-9-16(30-31-32)12-40-19-4-5-20-22(7-19)42-25(29-20)43(27,37)38/h1-7,9,17,21,33H,8,10-14H2,(H,28,34)(H,35,36)(H2,27,37,38). The summed E-state index contributed by atoms with van der Waals surface area (Å²) in [6, 6.07) is 10.1. The van der Waals surface area contributed by atoms with Gasteiger partial charge in [-0.2, -0.15) is 0 Å². The van der Waals surface area contributed by atoms with Crippen LogP contribution < -0.4 is 19.9 Å². The first-order chi connectivity index (χ1) is 20.5. The van der Waals surface area contributed by atoms with Crippen LogP contribution in [0.1, 0.15) is 11.3 Å². The van der Waals surface area contributed by atoms with Crippen LogP contribution in [0.3, 0.4) is 0 Å². The molecule has 0 aliphatic rings. The van der Waals surface area contributed by atoms with Crippen molar-refractivity contribution in [3.8, 4) is 11.5 Å². The number of aromatic nitrogens is 4. The van der Waals surface area contributed by atoms with Gasteiger partial charge in [-0.1, -0.05) is 17.3 Å². The molecule has 2 aromatic carbocycles. The number of amides is 1. The van der Waals surface area contributed by atoms with Crippen molar-refractivity contribution in [2.75, 3.05) is 19.9 Å². The number of alkyl halides is 1. The number of carboxylic acid groups (broad SMARTS) is 1. The number of benzene rings is 2. The molecule has 15 nitrogen and oxygen atoms in total. The molecule has 4 rings (SSSR count). The minimum absolute atomic E-state index is 0.0117. The van der Waals surface area contributed by atoms with Crippen molar-refractivity contribution in [1.29, 1.82) is 0 Å². The van der Waals surface area contributed by atoms with E-state index in [-0.39, 0.29) is 37.3 Å². The summed E-state index contributed by atoms with van der Waals surface area (Å²) in [5.74, 6) is -1.14. The van der Waals surface area contributed by atoms with Crippen molar-refractivity contribution in [3.63, 3.8) is 0 Å². The number of halogens is 1. The van der Waals surface area contributed by atoms with Crippen LogP contribution in [0, 0.1) is 0 Å². The number of ether oxygens (including phenoxy) is 3. The highest BCUT2D eigenvalue weighted by molar-refractivity contribution is 7.91. The summed E-state index contributed by atoms with van der Waals surface area (Å²) in [6.07, 6.45) is 0.220. The summed E-state index contributed by atoms with van der Waals surface area (Å²) in [6.45, 7) is -1.79. The molecule has 0 bridgehead atoms. The number of primary sulfonamides is 1. The Hall–Kier alpha value is -4.23. The van der Waals surface area contributed by atoms with Gasteiger partial charge >= 0.3 is 5.97 Å². The Morgan fingerprint density at radius 2 is 1.91 bits per heavy atom.